The first-order chi connectivity index (χ1) is 21.6. The van der Waals surface area contributed by atoms with Crippen LogP contribution in [0.2, 0.25) is 0 Å². The first kappa shape index (κ1) is 31.9. The number of amides is 4. The van der Waals surface area contributed by atoms with Crippen LogP contribution in [-0.2, 0) is 24.0 Å². The van der Waals surface area contributed by atoms with Crippen molar-refractivity contribution in [3.05, 3.63) is 70.6 Å². The van der Waals surface area contributed by atoms with Gasteiger partial charge in [0.25, 0.3) is 11.8 Å². The predicted molar refractivity (Wildman–Crippen MR) is 148 cm³/mol. The van der Waals surface area contributed by atoms with Gasteiger partial charge in [0.15, 0.2) is 33.0 Å². The lowest BCUT2D eigenvalue weighted by Gasteiger charge is -2.50. The third kappa shape index (κ3) is 4.15. The zero-order valence-corrected chi connectivity index (χ0v) is 24.7. The van der Waals surface area contributed by atoms with Crippen molar-refractivity contribution in [1.82, 2.24) is 4.90 Å². The first-order valence-corrected chi connectivity index (χ1v) is 14.7. The number of aromatic hydroxyl groups is 1. The molecule has 2 aromatic carbocycles. The van der Waals surface area contributed by atoms with Crippen molar-refractivity contribution in [1.29, 1.82) is 0 Å². The summed E-state index contributed by atoms with van der Waals surface area (Å²) < 4.78 is 72.5. The van der Waals surface area contributed by atoms with Crippen LogP contribution in [0.15, 0.2) is 35.9 Å². The third-order valence-electron chi connectivity index (χ3n) is 9.29. The Morgan fingerprint density at radius 3 is 2.15 bits per heavy atom. The van der Waals surface area contributed by atoms with Crippen LogP contribution in [0, 0.1) is 46.8 Å². The number of likely N-dealkylation sites (tertiary alicyclic amines) is 1. The van der Waals surface area contributed by atoms with Crippen LogP contribution in [0.1, 0.15) is 37.2 Å². The summed E-state index contributed by atoms with van der Waals surface area (Å²) in [7, 11) is 0. The third-order valence-corrected chi connectivity index (χ3v) is 10.7. The Morgan fingerprint density at radius 1 is 0.913 bits per heavy atom. The summed E-state index contributed by atoms with van der Waals surface area (Å²) in [5.41, 5.74) is -1.60. The van der Waals surface area contributed by atoms with Gasteiger partial charge in [-0.25, -0.2) is 26.9 Å². The number of alkyl halides is 2. The minimum absolute atomic E-state index is 0.0444. The van der Waals surface area contributed by atoms with Crippen molar-refractivity contribution >= 4 is 58.5 Å². The van der Waals surface area contributed by atoms with E-state index in [2.05, 4.69) is 0 Å². The topological polar surface area (TPSA) is 132 Å². The number of carboxylic acids is 1. The second-order valence-electron chi connectivity index (χ2n) is 11.6. The Bertz CT molecular complexity index is 1780. The highest BCUT2D eigenvalue weighted by atomic mass is 35.5. The molecule has 0 bridgehead atoms. The van der Waals surface area contributed by atoms with E-state index in [1.165, 1.54) is 30.3 Å². The number of rotatable bonds is 6. The van der Waals surface area contributed by atoms with Gasteiger partial charge in [0, 0.05) is 18.9 Å². The molecular formula is C30H21Cl2F5N2O7. The Balaban J connectivity index is 1.52. The number of hydrogen-bond donors (Lipinski definition) is 2. The zero-order valence-electron chi connectivity index (χ0n) is 23.2. The van der Waals surface area contributed by atoms with E-state index in [-0.39, 0.29) is 47.6 Å². The monoisotopic (exact) mass is 686 g/mol. The molecule has 0 radical (unpaired) electrons. The highest BCUT2D eigenvalue weighted by Crippen LogP contribution is 2.66. The SMILES string of the molecule is O=C(O)CCCN1C(=O)C2CC=C3C(CC4(Cl)C(=O)N(c5c(F)c(F)c(F)c(F)c5F)C(=O)C4(Cl)C3c3cccc(O)c3)C2C1=O. The van der Waals surface area contributed by atoms with E-state index >= 15 is 8.78 Å². The summed E-state index contributed by atoms with van der Waals surface area (Å²) in [5, 5.41) is 19.3. The Labute approximate surface area is 266 Å². The van der Waals surface area contributed by atoms with Gasteiger partial charge in [-0.1, -0.05) is 23.8 Å². The maximum atomic E-state index is 15.0. The van der Waals surface area contributed by atoms with Crippen LogP contribution in [-0.4, -0.2) is 61.0 Å². The van der Waals surface area contributed by atoms with Gasteiger partial charge in [0.2, 0.25) is 17.6 Å². The summed E-state index contributed by atoms with van der Waals surface area (Å²) in [4.78, 5) is 61.5. The standard InChI is InChI=1S/C30H21Cl2F5N2O7/c31-29-10-15-13(6-7-14-17(15)26(44)38(25(14)43)8-2-5-16(41)42)18(11-3-1-4-12(40)9-11)30(29,32)28(46)39(27(29)45)24-22(36)20(34)19(33)21(35)23(24)37/h1,3-4,6,9,14-15,17-18,40H,2,5,7-8,10H2,(H,41,42). The van der Waals surface area contributed by atoms with E-state index in [9.17, 15) is 42.3 Å². The summed E-state index contributed by atoms with van der Waals surface area (Å²) in [6.07, 6.45) is 0.419. The molecule has 6 unspecified atom stereocenters. The van der Waals surface area contributed by atoms with Crippen molar-refractivity contribution in [3.8, 4) is 5.75 Å². The van der Waals surface area contributed by atoms with Crippen molar-refractivity contribution < 1.29 is 56.1 Å². The number of nitrogens with zero attached hydrogens (tertiary/aromatic N) is 2. The number of fused-ring (bicyclic) bond motifs is 4. The number of aliphatic carboxylic acids is 1. The number of carbonyl (C=O) groups excluding carboxylic acids is 4. The number of anilines is 1. The Morgan fingerprint density at radius 2 is 1.54 bits per heavy atom. The molecule has 9 nitrogen and oxygen atoms in total. The molecule has 6 atom stereocenters. The molecular weight excluding hydrogens is 666 g/mol. The molecule has 2 aliphatic carbocycles. The largest absolute Gasteiger partial charge is 0.508 e. The van der Waals surface area contributed by atoms with Crippen LogP contribution in [0.5, 0.6) is 5.75 Å². The Kier molecular flexibility index (Phi) is 7.47. The number of phenolic OH excluding ortho intramolecular Hbond substituents is 1. The van der Waals surface area contributed by atoms with Gasteiger partial charge in [-0.2, -0.15) is 0 Å². The van der Waals surface area contributed by atoms with Crippen LogP contribution in [0.4, 0.5) is 27.6 Å². The van der Waals surface area contributed by atoms with E-state index in [0.29, 0.717) is 0 Å². The molecule has 46 heavy (non-hydrogen) atoms. The van der Waals surface area contributed by atoms with Crippen LogP contribution >= 0.6 is 23.2 Å². The normalized spacial score (nSPS) is 30.4. The molecule has 2 saturated heterocycles. The molecule has 2 aromatic rings. The number of benzene rings is 2. The number of imide groups is 2. The van der Waals surface area contributed by atoms with Crippen molar-refractivity contribution in [2.24, 2.45) is 17.8 Å². The van der Waals surface area contributed by atoms with Gasteiger partial charge in [-0.3, -0.25) is 28.9 Å². The number of halogens is 7. The molecule has 2 N–H and O–H groups in total. The molecule has 4 amide bonds. The second-order valence-corrected chi connectivity index (χ2v) is 12.9. The lowest BCUT2D eigenvalue weighted by Crippen LogP contribution is -2.60. The number of allylic oxidation sites excluding steroid dienone is 2. The van der Waals surface area contributed by atoms with Gasteiger partial charge >= 0.3 is 5.97 Å². The lowest BCUT2D eigenvalue weighted by molar-refractivity contribution is -0.142. The summed E-state index contributed by atoms with van der Waals surface area (Å²) >= 11 is 14.0. The molecule has 1 saturated carbocycles. The van der Waals surface area contributed by atoms with E-state index in [1.807, 2.05) is 0 Å². The van der Waals surface area contributed by atoms with E-state index in [1.54, 1.807) is 0 Å². The van der Waals surface area contributed by atoms with Crippen LogP contribution in [0.3, 0.4) is 0 Å². The minimum atomic E-state index is -2.69. The van der Waals surface area contributed by atoms with Gasteiger partial charge in [-0.15, -0.1) is 23.2 Å². The summed E-state index contributed by atoms with van der Waals surface area (Å²) in [5.74, 6) is -23.2. The fraction of sp³-hybridized carbons (Fsp3) is 0.367. The number of phenols is 1. The zero-order chi connectivity index (χ0) is 33.6. The highest BCUT2D eigenvalue weighted by Gasteiger charge is 2.77. The van der Waals surface area contributed by atoms with Crippen molar-refractivity contribution in [3.63, 3.8) is 0 Å². The quantitative estimate of drug-likeness (QED) is 0.114. The van der Waals surface area contributed by atoms with E-state index in [4.69, 9.17) is 28.3 Å². The molecule has 16 heteroatoms. The van der Waals surface area contributed by atoms with Crippen LogP contribution in [0.25, 0.3) is 0 Å². The smallest absolute Gasteiger partial charge is 0.303 e. The molecule has 3 fully saturated rings. The van der Waals surface area contributed by atoms with Gasteiger partial charge in [0.1, 0.15) is 11.4 Å². The average molecular weight is 687 g/mol. The van der Waals surface area contributed by atoms with Crippen molar-refractivity contribution in [2.75, 3.05) is 11.4 Å². The fourth-order valence-corrected chi connectivity index (χ4v) is 8.25. The molecule has 6 rings (SSSR count). The molecule has 0 spiro atoms. The number of carboxylic acid groups (broad SMARTS) is 1. The van der Waals surface area contributed by atoms with Crippen LogP contribution < -0.4 is 4.90 Å². The predicted octanol–water partition coefficient (Wildman–Crippen LogP) is 4.52. The average Bonchev–Trinajstić information content (AvgIpc) is 3.33. The maximum absolute atomic E-state index is 15.0. The number of carbonyl (C=O) groups is 5. The first-order valence-electron chi connectivity index (χ1n) is 13.9. The van der Waals surface area contributed by atoms with Gasteiger partial charge < -0.3 is 10.2 Å². The Hall–Kier alpha value is -4.04. The second kappa shape index (κ2) is 10.8. The van der Waals surface area contributed by atoms with Gasteiger partial charge in [-0.05, 0) is 42.9 Å². The van der Waals surface area contributed by atoms with Gasteiger partial charge in [0.05, 0.1) is 11.8 Å². The number of hydrogen-bond acceptors (Lipinski definition) is 6. The van der Waals surface area contributed by atoms with E-state index < -0.39 is 104 Å². The molecule has 4 aliphatic rings. The molecule has 242 valence electrons. The molecule has 2 aliphatic heterocycles. The van der Waals surface area contributed by atoms with Crippen molar-refractivity contribution in [2.45, 2.75) is 41.3 Å². The fourth-order valence-electron chi connectivity index (χ4n) is 7.32. The summed E-state index contributed by atoms with van der Waals surface area (Å²) in [6.45, 7) is -0.216. The van der Waals surface area contributed by atoms with E-state index in [0.717, 1.165) is 4.90 Å². The minimum Gasteiger partial charge on any atom is -0.508 e. The lowest BCUT2D eigenvalue weighted by atomic mass is 9.56. The molecule has 0 aromatic heterocycles. The maximum Gasteiger partial charge on any atom is 0.303 e. The molecule has 2 heterocycles. The highest BCUT2D eigenvalue weighted by molar-refractivity contribution is 6.58. The summed E-state index contributed by atoms with van der Waals surface area (Å²) in [6, 6.07) is 5.18.